The SMILES string of the molecule is CCCOC(=O)c1ccc(N2C(=O)C(Cl)=C(Nc3ccc(C(=O)Nc4ccc(OCC)cc4)cc3)C2=O)cc1. The molecule has 0 unspecified atom stereocenters. The number of hydrogen-bond acceptors (Lipinski definition) is 7. The predicted octanol–water partition coefficient (Wildman–Crippen LogP) is 5.34. The Hall–Kier alpha value is -4.63. The van der Waals surface area contributed by atoms with Gasteiger partial charge in [-0.3, -0.25) is 14.4 Å². The Labute approximate surface area is 230 Å². The third kappa shape index (κ3) is 6.27. The van der Waals surface area contributed by atoms with Crippen molar-refractivity contribution < 1.29 is 28.7 Å². The zero-order chi connectivity index (χ0) is 27.9. The molecule has 1 aliphatic heterocycles. The lowest BCUT2D eigenvalue weighted by Gasteiger charge is -2.15. The zero-order valence-corrected chi connectivity index (χ0v) is 22.1. The molecule has 0 atom stereocenters. The number of nitrogens with one attached hydrogen (secondary N) is 2. The maximum Gasteiger partial charge on any atom is 0.338 e. The number of hydrogen-bond donors (Lipinski definition) is 2. The average Bonchev–Trinajstić information content (AvgIpc) is 3.16. The summed E-state index contributed by atoms with van der Waals surface area (Å²) in [7, 11) is 0. The number of esters is 1. The molecular formula is C29H26ClN3O6. The van der Waals surface area contributed by atoms with Crippen molar-refractivity contribution in [3.63, 3.8) is 0 Å². The van der Waals surface area contributed by atoms with Crippen molar-refractivity contribution >= 4 is 52.4 Å². The Morgan fingerprint density at radius 1 is 0.821 bits per heavy atom. The van der Waals surface area contributed by atoms with Crippen molar-refractivity contribution in [1.82, 2.24) is 0 Å². The summed E-state index contributed by atoms with van der Waals surface area (Å²) in [6.07, 6.45) is 0.695. The lowest BCUT2D eigenvalue weighted by molar-refractivity contribution is -0.120. The molecule has 1 heterocycles. The normalized spacial score (nSPS) is 12.9. The van der Waals surface area contributed by atoms with Gasteiger partial charge in [-0.1, -0.05) is 18.5 Å². The molecule has 0 radical (unpaired) electrons. The van der Waals surface area contributed by atoms with Gasteiger partial charge in [0.05, 0.1) is 24.5 Å². The van der Waals surface area contributed by atoms with Crippen LogP contribution in [-0.2, 0) is 14.3 Å². The zero-order valence-electron chi connectivity index (χ0n) is 21.3. The van der Waals surface area contributed by atoms with Crippen molar-refractivity contribution in [2.75, 3.05) is 28.7 Å². The second kappa shape index (κ2) is 12.3. The summed E-state index contributed by atoms with van der Waals surface area (Å²) in [5.41, 5.74) is 1.92. The first-order valence-electron chi connectivity index (χ1n) is 12.3. The molecule has 4 rings (SSSR count). The predicted molar refractivity (Wildman–Crippen MR) is 148 cm³/mol. The number of carbonyl (C=O) groups excluding carboxylic acids is 4. The van der Waals surface area contributed by atoms with Gasteiger partial charge in [-0.25, -0.2) is 9.69 Å². The van der Waals surface area contributed by atoms with E-state index in [0.29, 0.717) is 47.9 Å². The smallest absolute Gasteiger partial charge is 0.338 e. The first kappa shape index (κ1) is 27.4. The van der Waals surface area contributed by atoms with E-state index in [-0.39, 0.29) is 22.3 Å². The molecule has 3 amide bonds. The number of halogens is 1. The molecule has 0 aromatic heterocycles. The maximum absolute atomic E-state index is 13.1. The number of rotatable bonds is 10. The van der Waals surface area contributed by atoms with Crippen LogP contribution in [0.3, 0.4) is 0 Å². The second-order valence-electron chi connectivity index (χ2n) is 8.43. The Balaban J connectivity index is 1.41. The summed E-state index contributed by atoms with van der Waals surface area (Å²) in [5, 5.41) is 5.40. The van der Waals surface area contributed by atoms with Crippen LogP contribution in [0, 0.1) is 0 Å². The minimum atomic E-state index is -0.697. The molecule has 9 nitrogen and oxygen atoms in total. The van der Waals surface area contributed by atoms with Crippen LogP contribution >= 0.6 is 11.6 Å². The van der Waals surface area contributed by atoms with Crippen LogP contribution in [0.4, 0.5) is 17.1 Å². The topological polar surface area (TPSA) is 114 Å². The maximum atomic E-state index is 13.1. The van der Waals surface area contributed by atoms with Crippen molar-refractivity contribution in [2.24, 2.45) is 0 Å². The van der Waals surface area contributed by atoms with Crippen molar-refractivity contribution in [1.29, 1.82) is 0 Å². The van der Waals surface area contributed by atoms with Crippen LogP contribution in [0.1, 0.15) is 41.0 Å². The van der Waals surface area contributed by atoms with E-state index in [1.54, 1.807) is 48.5 Å². The largest absolute Gasteiger partial charge is 0.494 e. The van der Waals surface area contributed by atoms with E-state index in [1.807, 2.05) is 13.8 Å². The minimum absolute atomic E-state index is 0.0975. The molecule has 0 bridgehead atoms. The van der Waals surface area contributed by atoms with Gasteiger partial charge in [0.15, 0.2) is 0 Å². The van der Waals surface area contributed by atoms with E-state index in [4.69, 9.17) is 21.1 Å². The van der Waals surface area contributed by atoms with Gasteiger partial charge in [0.1, 0.15) is 16.5 Å². The van der Waals surface area contributed by atoms with Crippen molar-refractivity contribution in [3.8, 4) is 5.75 Å². The third-order valence-electron chi connectivity index (χ3n) is 5.67. The van der Waals surface area contributed by atoms with Gasteiger partial charge >= 0.3 is 5.97 Å². The van der Waals surface area contributed by atoms with Crippen LogP contribution < -0.4 is 20.3 Å². The van der Waals surface area contributed by atoms with E-state index in [9.17, 15) is 19.2 Å². The molecular weight excluding hydrogens is 522 g/mol. The fraction of sp³-hybridized carbons (Fsp3) is 0.172. The van der Waals surface area contributed by atoms with Crippen LogP contribution in [0.25, 0.3) is 0 Å². The van der Waals surface area contributed by atoms with Gasteiger partial charge in [-0.2, -0.15) is 0 Å². The number of benzene rings is 3. The van der Waals surface area contributed by atoms with Crippen LogP contribution in [0.5, 0.6) is 5.75 Å². The number of imide groups is 1. The number of amides is 3. The Morgan fingerprint density at radius 2 is 1.44 bits per heavy atom. The van der Waals surface area contributed by atoms with E-state index in [0.717, 1.165) is 4.90 Å². The van der Waals surface area contributed by atoms with Crippen LogP contribution in [0.15, 0.2) is 83.5 Å². The molecule has 0 spiro atoms. The minimum Gasteiger partial charge on any atom is -0.494 e. The lowest BCUT2D eigenvalue weighted by atomic mass is 10.2. The molecule has 39 heavy (non-hydrogen) atoms. The quantitative estimate of drug-likeness (QED) is 0.260. The summed E-state index contributed by atoms with van der Waals surface area (Å²) in [6, 6.07) is 19.3. The molecule has 0 saturated carbocycles. The molecule has 0 aliphatic carbocycles. The first-order chi connectivity index (χ1) is 18.8. The summed E-state index contributed by atoms with van der Waals surface area (Å²) in [4.78, 5) is 51.4. The van der Waals surface area contributed by atoms with E-state index in [1.165, 1.54) is 24.3 Å². The number of ether oxygens (including phenoxy) is 2. The highest BCUT2D eigenvalue weighted by molar-refractivity contribution is 6.53. The summed E-state index contributed by atoms with van der Waals surface area (Å²) >= 11 is 6.22. The molecule has 1 aliphatic rings. The highest BCUT2D eigenvalue weighted by atomic mass is 35.5. The second-order valence-corrected chi connectivity index (χ2v) is 8.81. The van der Waals surface area contributed by atoms with Crippen molar-refractivity contribution in [2.45, 2.75) is 20.3 Å². The van der Waals surface area contributed by atoms with Crippen LogP contribution in [0.2, 0.25) is 0 Å². The summed E-state index contributed by atoms with van der Waals surface area (Å²) in [6.45, 7) is 4.63. The van der Waals surface area contributed by atoms with Gasteiger partial charge in [-0.05, 0) is 86.1 Å². The van der Waals surface area contributed by atoms with E-state index in [2.05, 4.69) is 10.6 Å². The molecule has 0 fully saturated rings. The summed E-state index contributed by atoms with van der Waals surface area (Å²) < 4.78 is 10.5. The Bertz CT molecular complexity index is 1420. The Morgan fingerprint density at radius 3 is 2.05 bits per heavy atom. The number of nitrogens with zero attached hydrogens (tertiary/aromatic N) is 1. The molecule has 10 heteroatoms. The highest BCUT2D eigenvalue weighted by Crippen LogP contribution is 2.30. The molecule has 2 N–H and O–H groups in total. The van der Waals surface area contributed by atoms with Gasteiger partial charge in [0.25, 0.3) is 17.7 Å². The lowest BCUT2D eigenvalue weighted by Crippen LogP contribution is -2.32. The molecule has 3 aromatic rings. The van der Waals surface area contributed by atoms with Crippen LogP contribution in [-0.4, -0.2) is 36.9 Å². The third-order valence-corrected chi connectivity index (χ3v) is 6.02. The van der Waals surface area contributed by atoms with E-state index >= 15 is 0 Å². The Kier molecular flexibility index (Phi) is 8.63. The average molecular weight is 548 g/mol. The summed E-state index contributed by atoms with van der Waals surface area (Å²) in [5.74, 6) is -1.44. The molecule has 0 saturated heterocycles. The van der Waals surface area contributed by atoms with Gasteiger partial charge in [0, 0.05) is 16.9 Å². The van der Waals surface area contributed by atoms with Crippen molar-refractivity contribution in [3.05, 3.63) is 94.7 Å². The van der Waals surface area contributed by atoms with Gasteiger partial charge in [-0.15, -0.1) is 0 Å². The van der Waals surface area contributed by atoms with Gasteiger partial charge < -0.3 is 20.1 Å². The highest BCUT2D eigenvalue weighted by Gasteiger charge is 2.39. The van der Waals surface area contributed by atoms with Gasteiger partial charge in [0.2, 0.25) is 0 Å². The number of carbonyl (C=O) groups is 4. The fourth-order valence-corrected chi connectivity index (χ4v) is 3.94. The first-order valence-corrected chi connectivity index (χ1v) is 12.7. The standard InChI is InChI=1S/C29H26ClN3O6/c1-3-17-39-29(37)19-7-13-22(14-8-19)33-27(35)24(30)25(28(33)36)31-20-9-5-18(6-10-20)26(34)32-21-11-15-23(16-12-21)38-4-2/h5-16,31H,3-4,17H2,1-2H3,(H,32,34). The monoisotopic (exact) mass is 547 g/mol. The number of anilines is 3. The molecule has 3 aromatic carbocycles. The molecule has 200 valence electrons. The van der Waals surface area contributed by atoms with E-state index < -0.39 is 17.8 Å². The fourth-order valence-electron chi connectivity index (χ4n) is 3.72.